The van der Waals surface area contributed by atoms with Gasteiger partial charge in [0.25, 0.3) is 0 Å². The topological polar surface area (TPSA) is 16.4 Å². The van der Waals surface area contributed by atoms with Crippen LogP contribution in [-0.2, 0) is 10.8 Å². The first-order valence-electron chi connectivity index (χ1n) is 17.6. The van der Waals surface area contributed by atoms with Crippen LogP contribution in [0.15, 0.2) is 156 Å². The van der Waals surface area contributed by atoms with Crippen LogP contribution in [0.2, 0.25) is 0 Å². The number of benzene rings is 7. The summed E-state index contributed by atoms with van der Waals surface area (Å²) < 4.78 is 6.26. The molecular formula is C48H37NO. The van der Waals surface area contributed by atoms with Crippen LogP contribution in [0.25, 0.3) is 55.3 Å². The number of hydrogen-bond donors (Lipinski definition) is 0. The molecule has 8 aromatic rings. The molecule has 0 fully saturated rings. The second-order valence-electron chi connectivity index (χ2n) is 14.9. The van der Waals surface area contributed by atoms with Gasteiger partial charge in [0.05, 0.1) is 11.4 Å². The van der Waals surface area contributed by atoms with Crippen LogP contribution in [0, 0.1) is 0 Å². The first kappa shape index (κ1) is 29.1. The van der Waals surface area contributed by atoms with Gasteiger partial charge in [0, 0.05) is 32.9 Å². The highest BCUT2D eigenvalue weighted by molar-refractivity contribution is 6.12. The summed E-state index contributed by atoms with van der Waals surface area (Å²) in [5.74, 6) is 0. The SMILES string of the molecule is CC1(C)c2ccccc2-c2c(N(c3ccc(-c4cccc5oc6ccccc6c45)cc3)c3cccc4c3C(C)(C)c3ccccc3-4)cccc21. The van der Waals surface area contributed by atoms with Gasteiger partial charge in [-0.1, -0.05) is 143 Å². The Morgan fingerprint density at radius 3 is 1.84 bits per heavy atom. The summed E-state index contributed by atoms with van der Waals surface area (Å²) in [6, 6.07) is 55.5. The van der Waals surface area contributed by atoms with Crippen molar-refractivity contribution in [2.75, 3.05) is 4.90 Å². The summed E-state index contributed by atoms with van der Waals surface area (Å²) >= 11 is 0. The predicted molar refractivity (Wildman–Crippen MR) is 209 cm³/mol. The molecule has 0 saturated carbocycles. The largest absolute Gasteiger partial charge is 0.456 e. The van der Waals surface area contributed by atoms with Gasteiger partial charge < -0.3 is 9.32 Å². The molecule has 0 radical (unpaired) electrons. The van der Waals surface area contributed by atoms with Gasteiger partial charge in [-0.2, -0.15) is 0 Å². The third-order valence-electron chi connectivity index (χ3n) is 11.5. The van der Waals surface area contributed by atoms with Gasteiger partial charge in [-0.05, 0) is 86.5 Å². The summed E-state index contributed by atoms with van der Waals surface area (Å²) in [6.45, 7) is 9.49. The van der Waals surface area contributed by atoms with E-state index in [1.807, 2.05) is 6.07 Å². The van der Waals surface area contributed by atoms with Crippen LogP contribution < -0.4 is 4.90 Å². The molecule has 0 unspecified atom stereocenters. The second-order valence-corrected chi connectivity index (χ2v) is 14.9. The fourth-order valence-corrected chi connectivity index (χ4v) is 9.14. The maximum Gasteiger partial charge on any atom is 0.136 e. The molecular weight excluding hydrogens is 607 g/mol. The Kier molecular flexibility index (Phi) is 6.01. The van der Waals surface area contributed by atoms with Gasteiger partial charge in [0.2, 0.25) is 0 Å². The molecule has 0 aliphatic heterocycles. The van der Waals surface area contributed by atoms with Crippen LogP contribution in [0.3, 0.4) is 0 Å². The van der Waals surface area contributed by atoms with E-state index < -0.39 is 0 Å². The molecule has 50 heavy (non-hydrogen) atoms. The number of para-hydroxylation sites is 1. The van der Waals surface area contributed by atoms with Crippen molar-refractivity contribution in [3.8, 4) is 33.4 Å². The Bertz CT molecular complexity index is 2650. The molecule has 7 aromatic carbocycles. The van der Waals surface area contributed by atoms with E-state index in [1.54, 1.807) is 0 Å². The van der Waals surface area contributed by atoms with Gasteiger partial charge in [-0.25, -0.2) is 0 Å². The highest BCUT2D eigenvalue weighted by atomic mass is 16.3. The van der Waals surface area contributed by atoms with Crippen molar-refractivity contribution in [1.82, 2.24) is 0 Å². The van der Waals surface area contributed by atoms with E-state index in [0.29, 0.717) is 0 Å². The molecule has 0 spiro atoms. The van der Waals surface area contributed by atoms with Gasteiger partial charge in [-0.15, -0.1) is 0 Å². The molecule has 240 valence electrons. The van der Waals surface area contributed by atoms with E-state index in [9.17, 15) is 0 Å². The fourth-order valence-electron chi connectivity index (χ4n) is 9.14. The van der Waals surface area contributed by atoms with Crippen molar-refractivity contribution in [3.05, 3.63) is 174 Å². The minimum absolute atomic E-state index is 0.0995. The Labute approximate surface area is 293 Å². The zero-order valence-electron chi connectivity index (χ0n) is 28.8. The van der Waals surface area contributed by atoms with Crippen LogP contribution in [0.4, 0.5) is 17.1 Å². The molecule has 0 bridgehead atoms. The fraction of sp³-hybridized carbons (Fsp3) is 0.125. The van der Waals surface area contributed by atoms with E-state index in [1.165, 1.54) is 67.0 Å². The van der Waals surface area contributed by atoms with E-state index in [4.69, 9.17) is 4.42 Å². The summed E-state index contributed by atoms with van der Waals surface area (Å²) in [4.78, 5) is 2.53. The number of fused-ring (bicyclic) bond motifs is 9. The molecule has 0 saturated heterocycles. The lowest BCUT2D eigenvalue weighted by atomic mass is 9.81. The van der Waals surface area contributed by atoms with E-state index in [-0.39, 0.29) is 10.8 Å². The van der Waals surface area contributed by atoms with Crippen molar-refractivity contribution < 1.29 is 4.42 Å². The third kappa shape index (κ3) is 3.91. The number of hydrogen-bond acceptors (Lipinski definition) is 2. The minimum Gasteiger partial charge on any atom is -0.456 e. The standard InChI is InChI=1S/C48H37NO/c1-47(2)38-20-9-6-15-35(38)45-39(47)21-13-22-40(45)49(41-23-11-18-34-33-14-5-8-19-37(33)48(3,4)46(34)41)31-28-26-30(27-29-31)32-17-12-25-43-44(32)36-16-7-10-24-42(36)50-43/h5-29H,1-4H3. The molecule has 2 aliphatic rings. The summed E-state index contributed by atoms with van der Waals surface area (Å²) in [5, 5.41) is 2.30. The average Bonchev–Trinajstić information content (AvgIpc) is 3.73. The van der Waals surface area contributed by atoms with Gasteiger partial charge >= 0.3 is 0 Å². The first-order chi connectivity index (χ1) is 24.3. The molecule has 1 aromatic heterocycles. The molecule has 2 nitrogen and oxygen atoms in total. The van der Waals surface area contributed by atoms with Gasteiger partial charge in [-0.3, -0.25) is 0 Å². The van der Waals surface area contributed by atoms with Crippen molar-refractivity contribution in [2.45, 2.75) is 38.5 Å². The molecule has 0 atom stereocenters. The normalized spacial score (nSPS) is 14.7. The summed E-state index contributed by atoms with van der Waals surface area (Å²) in [5.41, 5.74) is 18.2. The predicted octanol–water partition coefficient (Wildman–Crippen LogP) is 13.3. The first-order valence-corrected chi connectivity index (χ1v) is 17.6. The lowest BCUT2D eigenvalue weighted by Gasteiger charge is -2.33. The molecule has 10 rings (SSSR count). The highest BCUT2D eigenvalue weighted by Gasteiger charge is 2.41. The maximum atomic E-state index is 6.26. The van der Waals surface area contributed by atoms with E-state index in [2.05, 4.69) is 178 Å². The third-order valence-corrected chi connectivity index (χ3v) is 11.5. The number of furan rings is 1. The van der Waals surface area contributed by atoms with E-state index in [0.717, 1.165) is 27.6 Å². The van der Waals surface area contributed by atoms with Gasteiger partial charge in [0.15, 0.2) is 0 Å². The van der Waals surface area contributed by atoms with Crippen molar-refractivity contribution in [3.63, 3.8) is 0 Å². The molecule has 1 heterocycles. The zero-order valence-corrected chi connectivity index (χ0v) is 28.8. The summed E-state index contributed by atoms with van der Waals surface area (Å²) in [7, 11) is 0. The van der Waals surface area contributed by atoms with Crippen LogP contribution in [-0.4, -0.2) is 0 Å². The molecule has 0 amide bonds. The maximum absolute atomic E-state index is 6.26. The van der Waals surface area contributed by atoms with Crippen LogP contribution >= 0.6 is 0 Å². The van der Waals surface area contributed by atoms with Crippen LogP contribution in [0.5, 0.6) is 0 Å². The monoisotopic (exact) mass is 643 g/mol. The lowest BCUT2D eigenvalue weighted by Crippen LogP contribution is -2.21. The Morgan fingerprint density at radius 2 is 1.02 bits per heavy atom. The lowest BCUT2D eigenvalue weighted by molar-refractivity contribution is 0.659. The van der Waals surface area contributed by atoms with Crippen LogP contribution in [0.1, 0.15) is 49.9 Å². The van der Waals surface area contributed by atoms with Crippen molar-refractivity contribution in [1.29, 1.82) is 0 Å². The smallest absolute Gasteiger partial charge is 0.136 e. The second kappa shape index (κ2) is 10.3. The molecule has 2 aliphatic carbocycles. The number of rotatable bonds is 4. The summed E-state index contributed by atoms with van der Waals surface area (Å²) in [6.07, 6.45) is 0. The Balaban J connectivity index is 1.22. The number of nitrogens with zero attached hydrogens (tertiary/aromatic N) is 1. The van der Waals surface area contributed by atoms with Crippen molar-refractivity contribution in [2.24, 2.45) is 0 Å². The van der Waals surface area contributed by atoms with Crippen molar-refractivity contribution >= 4 is 39.0 Å². The zero-order chi connectivity index (χ0) is 33.8. The Morgan fingerprint density at radius 1 is 0.440 bits per heavy atom. The average molecular weight is 644 g/mol. The Hall–Kier alpha value is -5.86. The molecule has 2 heteroatoms. The van der Waals surface area contributed by atoms with Gasteiger partial charge in [0.1, 0.15) is 11.2 Å². The quantitative estimate of drug-likeness (QED) is 0.190. The van der Waals surface area contributed by atoms with E-state index >= 15 is 0 Å². The highest BCUT2D eigenvalue weighted by Crippen LogP contribution is 2.58. The minimum atomic E-state index is -0.173. The molecule has 0 N–H and O–H groups in total. The number of anilines is 3.